The van der Waals surface area contributed by atoms with Crippen molar-refractivity contribution in [3.05, 3.63) is 88.6 Å². The molecule has 258 valence electrons. The maximum absolute atomic E-state index is 14.6. The molecule has 2 aliphatic heterocycles. The minimum atomic E-state index is -0.696. The number of hydrogen-bond acceptors (Lipinski definition) is 6. The molecule has 0 bridgehead atoms. The lowest BCUT2D eigenvalue weighted by Crippen LogP contribution is -2.54. The van der Waals surface area contributed by atoms with Gasteiger partial charge in [-0.05, 0) is 93.5 Å². The number of likely N-dealkylation sites (tertiary alicyclic amines) is 1. The molecule has 1 saturated heterocycles. The molecule has 4 N–H and O–H groups in total. The van der Waals surface area contributed by atoms with Gasteiger partial charge in [0.2, 0.25) is 17.7 Å². The minimum Gasteiger partial charge on any atom is -0.336 e. The molecule has 1 fully saturated rings. The summed E-state index contributed by atoms with van der Waals surface area (Å²) in [6, 6.07) is 17.5. The Morgan fingerprint density at radius 3 is 2.45 bits per heavy atom. The molecular weight excluding hydrogens is 618 g/mol. The van der Waals surface area contributed by atoms with Gasteiger partial charge in [-0.2, -0.15) is 0 Å². The standard InChI is InChI=1S/C38H47N7O4/c1-5-37(14-17-44(18-15-37)36(49)41-25(2)3)35(48)45(23-28-10-7-6-9-27(28)22-39-4)24-32(46)42-30-13-12-26-20-38(21-29(26)19-30)31-11-8-16-40-33(31)43-34(38)47/h6-13,16,19,25,39H,5,14-15,17-18,20-24H2,1-4H3,(H,41,49)(H,42,46)(H,40,43,47)/t38-/m1/s1. The number of benzene rings is 2. The maximum atomic E-state index is 14.6. The summed E-state index contributed by atoms with van der Waals surface area (Å²) in [5.41, 5.74) is 4.28. The molecule has 0 radical (unpaired) electrons. The van der Waals surface area contributed by atoms with Crippen LogP contribution in [0, 0.1) is 5.41 Å². The molecule has 3 heterocycles. The zero-order chi connectivity index (χ0) is 34.8. The van der Waals surface area contributed by atoms with Gasteiger partial charge in [0, 0.05) is 49.7 Å². The number of anilines is 2. The number of nitrogens with zero attached hydrogens (tertiary/aromatic N) is 3. The Balaban J connectivity index is 1.20. The average Bonchev–Trinajstić information content (AvgIpc) is 3.61. The molecule has 49 heavy (non-hydrogen) atoms. The summed E-state index contributed by atoms with van der Waals surface area (Å²) in [7, 11) is 1.88. The van der Waals surface area contributed by atoms with Crippen molar-refractivity contribution in [2.45, 2.75) is 77.4 Å². The van der Waals surface area contributed by atoms with Crippen LogP contribution < -0.4 is 21.3 Å². The van der Waals surface area contributed by atoms with Crippen LogP contribution in [0.15, 0.2) is 60.8 Å². The highest BCUT2D eigenvalue weighted by Crippen LogP contribution is 2.47. The Bertz CT molecular complexity index is 1750. The van der Waals surface area contributed by atoms with E-state index >= 15 is 0 Å². The van der Waals surface area contributed by atoms with E-state index in [9.17, 15) is 19.2 Å². The molecule has 11 nitrogen and oxygen atoms in total. The predicted octanol–water partition coefficient (Wildman–Crippen LogP) is 4.37. The lowest BCUT2D eigenvalue weighted by atomic mass is 9.74. The highest BCUT2D eigenvalue weighted by Gasteiger charge is 2.51. The summed E-state index contributed by atoms with van der Waals surface area (Å²) in [6.07, 6.45) is 4.45. The highest BCUT2D eigenvalue weighted by atomic mass is 16.2. The monoisotopic (exact) mass is 665 g/mol. The molecule has 1 aromatic heterocycles. The lowest BCUT2D eigenvalue weighted by molar-refractivity contribution is -0.147. The van der Waals surface area contributed by atoms with Crippen LogP contribution >= 0.6 is 0 Å². The van der Waals surface area contributed by atoms with Crippen molar-refractivity contribution in [1.82, 2.24) is 25.4 Å². The van der Waals surface area contributed by atoms with Gasteiger partial charge in [0.1, 0.15) is 12.4 Å². The van der Waals surface area contributed by atoms with Crippen LogP contribution in [-0.4, -0.2) is 71.3 Å². The molecule has 1 spiro atoms. The van der Waals surface area contributed by atoms with Crippen LogP contribution in [0.5, 0.6) is 0 Å². The number of hydrogen-bond donors (Lipinski definition) is 4. The fraction of sp³-hybridized carbons (Fsp3) is 0.447. The maximum Gasteiger partial charge on any atom is 0.317 e. The number of carbonyl (C=O) groups excluding carboxylic acids is 4. The molecule has 3 aliphatic rings. The summed E-state index contributed by atoms with van der Waals surface area (Å²) < 4.78 is 0. The van der Waals surface area contributed by atoms with Gasteiger partial charge >= 0.3 is 6.03 Å². The van der Waals surface area contributed by atoms with Gasteiger partial charge in [-0.25, -0.2) is 9.78 Å². The van der Waals surface area contributed by atoms with Gasteiger partial charge in [-0.3, -0.25) is 14.4 Å². The van der Waals surface area contributed by atoms with Crippen molar-refractivity contribution in [3.8, 4) is 0 Å². The van der Waals surface area contributed by atoms with Crippen molar-refractivity contribution >= 4 is 35.3 Å². The number of fused-ring (bicyclic) bond motifs is 3. The normalized spacial score (nSPS) is 19.0. The van der Waals surface area contributed by atoms with E-state index in [-0.39, 0.29) is 36.3 Å². The predicted molar refractivity (Wildman–Crippen MR) is 189 cm³/mol. The van der Waals surface area contributed by atoms with Crippen LogP contribution in [0.1, 0.15) is 67.9 Å². The van der Waals surface area contributed by atoms with Gasteiger partial charge in [-0.15, -0.1) is 0 Å². The zero-order valence-electron chi connectivity index (χ0n) is 28.9. The molecule has 1 aliphatic carbocycles. The minimum absolute atomic E-state index is 0.0293. The van der Waals surface area contributed by atoms with Crippen molar-refractivity contribution in [1.29, 1.82) is 0 Å². The molecule has 11 heteroatoms. The van der Waals surface area contributed by atoms with Crippen LogP contribution in [0.25, 0.3) is 0 Å². The van der Waals surface area contributed by atoms with E-state index in [0.717, 1.165) is 27.8 Å². The van der Waals surface area contributed by atoms with Crippen molar-refractivity contribution < 1.29 is 19.2 Å². The molecule has 1 atom stereocenters. The number of aromatic nitrogens is 1. The number of piperidine rings is 1. The summed E-state index contributed by atoms with van der Waals surface area (Å²) >= 11 is 0. The third-order valence-electron chi connectivity index (χ3n) is 10.5. The van der Waals surface area contributed by atoms with Crippen LogP contribution in [0.4, 0.5) is 16.3 Å². The third kappa shape index (κ3) is 6.76. The number of pyridine rings is 1. The first kappa shape index (κ1) is 34.1. The van der Waals surface area contributed by atoms with Crippen molar-refractivity contribution in [2.24, 2.45) is 5.41 Å². The molecular formula is C38H47N7O4. The van der Waals surface area contributed by atoms with Gasteiger partial charge in [0.25, 0.3) is 0 Å². The van der Waals surface area contributed by atoms with Crippen LogP contribution in [0.3, 0.4) is 0 Å². The number of urea groups is 1. The average molecular weight is 666 g/mol. The summed E-state index contributed by atoms with van der Waals surface area (Å²) in [6.45, 7) is 7.64. The van der Waals surface area contributed by atoms with E-state index in [2.05, 4.69) is 26.3 Å². The van der Waals surface area contributed by atoms with Crippen molar-refractivity contribution in [3.63, 3.8) is 0 Å². The van der Waals surface area contributed by atoms with E-state index < -0.39 is 10.8 Å². The van der Waals surface area contributed by atoms with E-state index in [4.69, 9.17) is 0 Å². The van der Waals surface area contributed by atoms with Crippen LogP contribution in [0.2, 0.25) is 0 Å². The number of rotatable bonds is 10. The summed E-state index contributed by atoms with van der Waals surface area (Å²) in [4.78, 5) is 62.1. The number of carbonyl (C=O) groups is 4. The van der Waals surface area contributed by atoms with Gasteiger partial charge in [-0.1, -0.05) is 43.3 Å². The Morgan fingerprint density at radius 2 is 1.73 bits per heavy atom. The Hall–Kier alpha value is -4.77. The Labute approximate surface area is 288 Å². The second-order valence-corrected chi connectivity index (χ2v) is 14.0. The van der Waals surface area contributed by atoms with E-state index in [1.807, 2.05) is 82.4 Å². The largest absolute Gasteiger partial charge is 0.336 e. The first-order valence-electron chi connectivity index (χ1n) is 17.3. The SMILES string of the molecule is CCC1(C(=O)N(CC(=O)Nc2ccc3c(c2)C[C@@]2(C3)C(=O)Nc3ncccc32)Cc2ccccc2CNC)CCN(C(=O)NC(C)C)CC1. The molecule has 3 aromatic rings. The second kappa shape index (κ2) is 14.0. The van der Waals surface area contributed by atoms with Gasteiger partial charge in [0.05, 0.1) is 10.8 Å². The van der Waals surface area contributed by atoms with E-state index in [1.165, 1.54) is 0 Å². The fourth-order valence-corrected chi connectivity index (χ4v) is 7.73. The molecule has 0 saturated carbocycles. The Morgan fingerprint density at radius 1 is 1.00 bits per heavy atom. The summed E-state index contributed by atoms with van der Waals surface area (Å²) in [5, 5.41) is 12.1. The lowest BCUT2D eigenvalue weighted by Gasteiger charge is -2.43. The number of amides is 5. The molecule has 6 rings (SSSR count). The second-order valence-electron chi connectivity index (χ2n) is 14.0. The van der Waals surface area contributed by atoms with E-state index in [1.54, 1.807) is 16.0 Å². The quantitative estimate of drug-likeness (QED) is 0.254. The molecule has 2 aromatic carbocycles. The van der Waals surface area contributed by atoms with Gasteiger partial charge < -0.3 is 31.1 Å². The fourth-order valence-electron chi connectivity index (χ4n) is 7.73. The zero-order valence-corrected chi connectivity index (χ0v) is 28.9. The molecule has 0 unspecified atom stereocenters. The van der Waals surface area contributed by atoms with Crippen molar-refractivity contribution in [2.75, 3.05) is 37.3 Å². The van der Waals surface area contributed by atoms with E-state index in [0.29, 0.717) is 69.8 Å². The van der Waals surface area contributed by atoms with Crippen LogP contribution in [-0.2, 0) is 45.7 Å². The highest BCUT2D eigenvalue weighted by molar-refractivity contribution is 6.06. The Kier molecular flexibility index (Phi) is 9.74. The topological polar surface area (TPSA) is 136 Å². The molecule has 5 amide bonds. The van der Waals surface area contributed by atoms with Gasteiger partial charge in [0.15, 0.2) is 0 Å². The smallest absolute Gasteiger partial charge is 0.317 e. The number of nitrogens with one attached hydrogen (secondary N) is 4. The third-order valence-corrected chi connectivity index (χ3v) is 10.5. The summed E-state index contributed by atoms with van der Waals surface area (Å²) in [5.74, 6) is 0.208. The first-order valence-corrected chi connectivity index (χ1v) is 17.3. The first-order chi connectivity index (χ1) is 23.6.